The quantitative estimate of drug-likeness (QED) is 0.428. The fourth-order valence-electron chi connectivity index (χ4n) is 2.70. The molecule has 1 aliphatic rings. The van der Waals surface area contributed by atoms with E-state index in [1.165, 1.54) is 23.1 Å². The second kappa shape index (κ2) is 8.52. The Morgan fingerprint density at radius 1 is 1.25 bits per heavy atom. The fourth-order valence-corrected chi connectivity index (χ4v) is 5.61. The van der Waals surface area contributed by atoms with E-state index in [-0.39, 0.29) is 11.8 Å². The number of rotatable bonds is 6. The Morgan fingerprint density at radius 2 is 2.11 bits per heavy atom. The number of thiazole rings is 1. The molecule has 3 aromatic rings. The number of thiocarbonyl (C=S) groups is 1. The number of para-hydroxylation sites is 1. The van der Waals surface area contributed by atoms with Crippen molar-refractivity contribution < 1.29 is 9.59 Å². The van der Waals surface area contributed by atoms with Crippen molar-refractivity contribution in [2.24, 2.45) is 0 Å². The van der Waals surface area contributed by atoms with E-state index in [0.717, 1.165) is 15.1 Å². The van der Waals surface area contributed by atoms with Crippen LogP contribution in [0.25, 0.3) is 16.3 Å². The standard InChI is InChI=1S/C19H15N3O2S4/c23-16(21-18-20-13-6-1-2-7-14(13)27-18)8-3-9-22-17(24)15(28-19(22)25)11-12-5-4-10-26-12/h1-2,4-7,10-11H,3,8-9H2,(H,20,21,23). The fraction of sp³-hybridized carbons (Fsp3) is 0.158. The van der Waals surface area contributed by atoms with Crippen LogP contribution in [0.5, 0.6) is 0 Å². The third kappa shape index (κ3) is 4.33. The van der Waals surface area contributed by atoms with Gasteiger partial charge in [0.25, 0.3) is 5.91 Å². The number of carbonyl (C=O) groups is 2. The van der Waals surface area contributed by atoms with Crippen LogP contribution in [0.15, 0.2) is 46.7 Å². The van der Waals surface area contributed by atoms with Crippen molar-refractivity contribution in [2.75, 3.05) is 11.9 Å². The number of hydrogen-bond donors (Lipinski definition) is 1. The number of hydrogen-bond acceptors (Lipinski definition) is 7. The molecule has 9 heteroatoms. The van der Waals surface area contributed by atoms with E-state index >= 15 is 0 Å². The Balaban J connectivity index is 1.30. The number of benzene rings is 1. The predicted octanol–water partition coefficient (Wildman–Crippen LogP) is 4.98. The van der Waals surface area contributed by atoms with Crippen LogP contribution >= 0.6 is 46.7 Å². The third-order valence-electron chi connectivity index (χ3n) is 4.02. The summed E-state index contributed by atoms with van der Waals surface area (Å²) >= 11 is 9.67. The number of carbonyl (C=O) groups excluding carboxylic acids is 2. The molecule has 4 rings (SSSR count). The molecule has 0 unspecified atom stereocenters. The lowest BCUT2D eigenvalue weighted by Gasteiger charge is -2.13. The minimum atomic E-state index is -0.112. The highest BCUT2D eigenvalue weighted by molar-refractivity contribution is 8.26. The Hall–Kier alpha value is -2.07. The van der Waals surface area contributed by atoms with E-state index in [1.807, 2.05) is 47.9 Å². The number of nitrogens with one attached hydrogen (secondary N) is 1. The lowest BCUT2D eigenvalue weighted by Crippen LogP contribution is -2.29. The molecule has 2 aromatic heterocycles. The molecule has 0 spiro atoms. The van der Waals surface area contributed by atoms with Gasteiger partial charge in [-0.05, 0) is 36.1 Å². The van der Waals surface area contributed by atoms with Crippen LogP contribution < -0.4 is 5.32 Å². The van der Waals surface area contributed by atoms with Gasteiger partial charge in [0, 0.05) is 17.8 Å². The Morgan fingerprint density at radius 3 is 2.89 bits per heavy atom. The summed E-state index contributed by atoms with van der Waals surface area (Å²) < 4.78 is 1.58. The summed E-state index contributed by atoms with van der Waals surface area (Å²) in [5.41, 5.74) is 0.873. The van der Waals surface area contributed by atoms with E-state index in [2.05, 4.69) is 10.3 Å². The molecule has 3 heterocycles. The Kier molecular flexibility index (Phi) is 5.86. The third-order valence-corrected chi connectivity index (χ3v) is 7.16. The van der Waals surface area contributed by atoms with E-state index < -0.39 is 0 Å². The van der Waals surface area contributed by atoms with Crippen LogP contribution in [0.1, 0.15) is 17.7 Å². The van der Waals surface area contributed by atoms with Gasteiger partial charge in [0.15, 0.2) is 5.13 Å². The van der Waals surface area contributed by atoms with Gasteiger partial charge in [-0.3, -0.25) is 14.5 Å². The molecule has 0 aliphatic carbocycles. The highest BCUT2D eigenvalue weighted by Crippen LogP contribution is 2.33. The molecular formula is C19H15N3O2S4. The number of fused-ring (bicyclic) bond motifs is 1. The maximum Gasteiger partial charge on any atom is 0.266 e. The maximum absolute atomic E-state index is 12.6. The number of thioether (sulfide) groups is 1. The second-order valence-corrected chi connectivity index (χ2v) is 9.67. The normalized spacial score (nSPS) is 15.7. The molecule has 0 radical (unpaired) electrons. The minimum Gasteiger partial charge on any atom is -0.302 e. The molecule has 5 nitrogen and oxygen atoms in total. The molecule has 0 saturated carbocycles. The summed E-state index contributed by atoms with van der Waals surface area (Å²) in [5, 5.41) is 5.40. The first-order valence-corrected chi connectivity index (χ1v) is 11.5. The molecule has 1 N–H and O–H groups in total. The lowest BCUT2D eigenvalue weighted by molar-refractivity contribution is -0.122. The first-order valence-electron chi connectivity index (χ1n) is 8.54. The number of thiophene rings is 1. The summed E-state index contributed by atoms with van der Waals surface area (Å²) in [5.74, 6) is -0.200. The zero-order valence-electron chi connectivity index (χ0n) is 14.6. The smallest absolute Gasteiger partial charge is 0.266 e. The minimum absolute atomic E-state index is 0.0880. The number of anilines is 1. The van der Waals surface area contributed by atoms with E-state index in [4.69, 9.17) is 12.2 Å². The summed E-state index contributed by atoms with van der Waals surface area (Å²) in [6.07, 6.45) is 2.70. The Labute approximate surface area is 179 Å². The maximum atomic E-state index is 12.6. The topological polar surface area (TPSA) is 62.3 Å². The van der Waals surface area contributed by atoms with Gasteiger partial charge < -0.3 is 5.32 Å². The number of nitrogens with zero attached hydrogens (tertiary/aromatic N) is 2. The summed E-state index contributed by atoms with van der Waals surface area (Å²) in [7, 11) is 0. The number of amides is 2. The van der Waals surface area contributed by atoms with Gasteiger partial charge >= 0.3 is 0 Å². The second-order valence-electron chi connectivity index (χ2n) is 5.99. The summed E-state index contributed by atoms with van der Waals surface area (Å²) in [4.78, 5) is 32.4. The van der Waals surface area contributed by atoms with Gasteiger partial charge in [0.2, 0.25) is 5.91 Å². The summed E-state index contributed by atoms with van der Waals surface area (Å²) in [6.45, 7) is 0.430. The molecule has 2 amide bonds. The van der Waals surface area contributed by atoms with Crippen LogP contribution in [0.2, 0.25) is 0 Å². The molecule has 142 valence electrons. The first-order chi connectivity index (χ1) is 13.6. The van der Waals surface area contributed by atoms with E-state index in [9.17, 15) is 9.59 Å². The van der Waals surface area contributed by atoms with Crippen LogP contribution in [0, 0.1) is 0 Å². The molecule has 28 heavy (non-hydrogen) atoms. The average molecular weight is 446 g/mol. The van der Waals surface area contributed by atoms with Crippen LogP contribution in [0.3, 0.4) is 0 Å². The van der Waals surface area contributed by atoms with Gasteiger partial charge in [0.05, 0.1) is 15.1 Å². The lowest BCUT2D eigenvalue weighted by atomic mass is 10.2. The van der Waals surface area contributed by atoms with Gasteiger partial charge in [-0.25, -0.2) is 4.98 Å². The zero-order chi connectivity index (χ0) is 19.5. The van der Waals surface area contributed by atoms with E-state index in [1.54, 1.807) is 16.2 Å². The van der Waals surface area contributed by atoms with Crippen molar-refractivity contribution in [3.05, 3.63) is 51.6 Å². The highest BCUT2D eigenvalue weighted by Gasteiger charge is 2.31. The van der Waals surface area contributed by atoms with Gasteiger partial charge in [-0.1, -0.05) is 53.5 Å². The first kappa shape index (κ1) is 19.3. The van der Waals surface area contributed by atoms with Crippen molar-refractivity contribution >= 4 is 84.2 Å². The molecule has 1 aromatic carbocycles. The van der Waals surface area contributed by atoms with Crippen LogP contribution in [0.4, 0.5) is 5.13 Å². The van der Waals surface area contributed by atoms with Crippen molar-refractivity contribution in [1.29, 1.82) is 0 Å². The molecule has 1 fully saturated rings. The SMILES string of the molecule is O=C(CCCN1C(=O)C(=Cc2cccs2)SC1=S)Nc1nc2ccccc2s1. The Bertz CT molecular complexity index is 1040. The van der Waals surface area contributed by atoms with Crippen LogP contribution in [-0.2, 0) is 9.59 Å². The summed E-state index contributed by atoms with van der Waals surface area (Å²) in [6, 6.07) is 11.7. The number of aromatic nitrogens is 1. The van der Waals surface area contributed by atoms with Crippen LogP contribution in [-0.4, -0.2) is 32.6 Å². The van der Waals surface area contributed by atoms with Gasteiger partial charge in [-0.2, -0.15) is 0 Å². The zero-order valence-corrected chi connectivity index (χ0v) is 17.9. The van der Waals surface area contributed by atoms with E-state index in [0.29, 0.717) is 33.7 Å². The largest absolute Gasteiger partial charge is 0.302 e. The molecule has 0 bridgehead atoms. The highest BCUT2D eigenvalue weighted by atomic mass is 32.2. The molecule has 0 atom stereocenters. The van der Waals surface area contributed by atoms with Gasteiger partial charge in [0.1, 0.15) is 4.32 Å². The van der Waals surface area contributed by atoms with Crippen molar-refractivity contribution in [3.8, 4) is 0 Å². The molecular weight excluding hydrogens is 430 g/mol. The van der Waals surface area contributed by atoms with Gasteiger partial charge in [-0.15, -0.1) is 11.3 Å². The average Bonchev–Trinajstić information content (AvgIpc) is 3.37. The van der Waals surface area contributed by atoms with Crippen molar-refractivity contribution in [3.63, 3.8) is 0 Å². The molecule has 1 aliphatic heterocycles. The van der Waals surface area contributed by atoms with Crippen molar-refractivity contribution in [2.45, 2.75) is 12.8 Å². The molecule has 1 saturated heterocycles. The predicted molar refractivity (Wildman–Crippen MR) is 122 cm³/mol. The monoisotopic (exact) mass is 445 g/mol. The van der Waals surface area contributed by atoms with Crippen molar-refractivity contribution in [1.82, 2.24) is 9.88 Å².